The minimum absolute atomic E-state index is 0.284. The van der Waals surface area contributed by atoms with Gasteiger partial charge in [0.1, 0.15) is 11.5 Å². The van der Waals surface area contributed by atoms with Crippen LogP contribution in [0.5, 0.6) is 5.75 Å². The third-order valence-corrected chi connectivity index (χ3v) is 2.60. The highest BCUT2D eigenvalue weighted by Crippen LogP contribution is 2.13. The van der Waals surface area contributed by atoms with Crippen molar-refractivity contribution in [1.82, 2.24) is 5.43 Å². The van der Waals surface area contributed by atoms with Crippen molar-refractivity contribution in [3.63, 3.8) is 0 Å². The second-order valence-corrected chi connectivity index (χ2v) is 4.94. The van der Waals surface area contributed by atoms with Gasteiger partial charge in [-0.3, -0.25) is 4.79 Å². The fourth-order valence-corrected chi connectivity index (χ4v) is 1.55. The molecule has 1 N–H and O–H groups in total. The zero-order valence-electron chi connectivity index (χ0n) is 12.1. The highest BCUT2D eigenvalue weighted by Gasteiger charge is 2.04. The number of benzene rings is 1. The molecule has 1 amide bonds. The molecule has 0 saturated heterocycles. The molecule has 2 aromatic rings. The summed E-state index contributed by atoms with van der Waals surface area (Å²) in [6.07, 6.45) is 2.98. The molecular weight excluding hydrogens is 268 g/mol. The molecule has 1 heterocycles. The van der Waals surface area contributed by atoms with Crippen molar-refractivity contribution in [3.8, 4) is 5.75 Å². The number of hydrogen-bond acceptors (Lipinski definition) is 4. The number of rotatable bonds is 6. The van der Waals surface area contributed by atoms with Gasteiger partial charge in [-0.1, -0.05) is 13.8 Å². The molecule has 0 unspecified atom stereocenters. The Kier molecular flexibility index (Phi) is 5.15. The molecule has 0 radical (unpaired) electrons. The van der Waals surface area contributed by atoms with Crippen molar-refractivity contribution in [1.29, 1.82) is 0 Å². The predicted octanol–water partition coefficient (Wildman–Crippen LogP) is 3.08. The Labute approximate surface area is 123 Å². The lowest BCUT2D eigenvalue weighted by Crippen LogP contribution is -2.17. The number of ether oxygens (including phenoxy) is 1. The monoisotopic (exact) mass is 286 g/mol. The topological polar surface area (TPSA) is 63.8 Å². The third-order valence-electron chi connectivity index (χ3n) is 2.60. The van der Waals surface area contributed by atoms with Crippen LogP contribution in [0.2, 0.25) is 0 Å². The van der Waals surface area contributed by atoms with Crippen LogP contribution in [-0.4, -0.2) is 18.7 Å². The Hall–Kier alpha value is -2.56. The van der Waals surface area contributed by atoms with Gasteiger partial charge >= 0.3 is 0 Å². The summed E-state index contributed by atoms with van der Waals surface area (Å²) in [5.74, 6) is 1.50. The Bertz CT molecular complexity index is 586. The fourth-order valence-electron chi connectivity index (χ4n) is 1.55. The zero-order chi connectivity index (χ0) is 15.1. The first-order valence-electron chi connectivity index (χ1n) is 6.75. The second kappa shape index (κ2) is 7.28. The van der Waals surface area contributed by atoms with E-state index in [0.717, 1.165) is 5.75 Å². The fraction of sp³-hybridized carbons (Fsp3) is 0.250. The minimum Gasteiger partial charge on any atom is -0.493 e. The Balaban J connectivity index is 1.87. The highest BCUT2D eigenvalue weighted by molar-refractivity contribution is 5.94. The molecule has 0 aliphatic heterocycles. The van der Waals surface area contributed by atoms with Crippen molar-refractivity contribution >= 4 is 12.1 Å². The van der Waals surface area contributed by atoms with Gasteiger partial charge in [-0.05, 0) is 42.3 Å². The van der Waals surface area contributed by atoms with Crippen LogP contribution in [-0.2, 0) is 0 Å². The van der Waals surface area contributed by atoms with Crippen LogP contribution in [0.15, 0.2) is 52.2 Å². The first-order valence-corrected chi connectivity index (χ1v) is 6.75. The molecule has 110 valence electrons. The summed E-state index contributed by atoms with van der Waals surface area (Å²) in [7, 11) is 0. The van der Waals surface area contributed by atoms with Crippen LogP contribution in [0.3, 0.4) is 0 Å². The van der Waals surface area contributed by atoms with Crippen LogP contribution in [0.4, 0.5) is 0 Å². The van der Waals surface area contributed by atoms with Crippen molar-refractivity contribution in [2.24, 2.45) is 11.0 Å². The number of nitrogens with zero attached hydrogens (tertiary/aromatic N) is 1. The van der Waals surface area contributed by atoms with Crippen molar-refractivity contribution in [3.05, 3.63) is 54.0 Å². The molecule has 1 aromatic heterocycles. The summed E-state index contributed by atoms with van der Waals surface area (Å²) in [6.45, 7) is 4.82. The van der Waals surface area contributed by atoms with Crippen molar-refractivity contribution in [2.75, 3.05) is 6.61 Å². The Morgan fingerprint density at radius 3 is 2.71 bits per heavy atom. The number of hydrogen-bond donors (Lipinski definition) is 1. The highest BCUT2D eigenvalue weighted by atomic mass is 16.5. The van der Waals surface area contributed by atoms with E-state index in [9.17, 15) is 4.79 Å². The number of hydrazone groups is 1. The van der Waals surface area contributed by atoms with Crippen LogP contribution < -0.4 is 10.2 Å². The lowest BCUT2D eigenvalue weighted by Gasteiger charge is -2.08. The standard InChI is InChI=1S/C16H18N2O3/c1-12(2)11-21-14-7-5-13(6-8-14)16(19)18-17-10-15-4-3-9-20-15/h3-10,12H,11H2,1-2H3,(H,18,19)/b17-10+. The van der Waals surface area contributed by atoms with Gasteiger partial charge in [0.05, 0.1) is 19.1 Å². The summed E-state index contributed by atoms with van der Waals surface area (Å²) in [6, 6.07) is 10.4. The van der Waals surface area contributed by atoms with E-state index in [4.69, 9.17) is 9.15 Å². The summed E-state index contributed by atoms with van der Waals surface area (Å²) >= 11 is 0. The molecule has 0 saturated carbocycles. The Morgan fingerprint density at radius 1 is 1.33 bits per heavy atom. The number of furan rings is 1. The summed E-state index contributed by atoms with van der Waals surface area (Å²) in [5, 5.41) is 3.82. The lowest BCUT2D eigenvalue weighted by molar-refractivity contribution is 0.0955. The van der Waals surface area contributed by atoms with Gasteiger partial charge in [-0.15, -0.1) is 0 Å². The van der Waals surface area contributed by atoms with Crippen LogP contribution in [0.25, 0.3) is 0 Å². The van der Waals surface area contributed by atoms with Crippen LogP contribution in [0, 0.1) is 5.92 Å². The van der Waals surface area contributed by atoms with E-state index in [-0.39, 0.29) is 5.91 Å². The summed E-state index contributed by atoms with van der Waals surface area (Å²) < 4.78 is 10.6. The average molecular weight is 286 g/mol. The van der Waals surface area contributed by atoms with Crippen molar-refractivity contribution < 1.29 is 13.9 Å². The van der Waals surface area contributed by atoms with Crippen LogP contribution >= 0.6 is 0 Å². The SMILES string of the molecule is CC(C)COc1ccc(C(=O)N/N=C/c2ccco2)cc1. The normalized spacial score (nSPS) is 11.0. The summed E-state index contributed by atoms with van der Waals surface area (Å²) in [5.41, 5.74) is 2.95. The summed E-state index contributed by atoms with van der Waals surface area (Å²) in [4.78, 5) is 11.9. The van der Waals surface area contributed by atoms with Gasteiger partial charge in [0, 0.05) is 5.56 Å². The van der Waals surface area contributed by atoms with Gasteiger partial charge in [0.2, 0.25) is 0 Å². The van der Waals surface area contributed by atoms with E-state index in [1.54, 1.807) is 42.7 Å². The lowest BCUT2D eigenvalue weighted by atomic mass is 10.2. The molecule has 5 nitrogen and oxygen atoms in total. The molecule has 0 aliphatic rings. The van der Waals surface area contributed by atoms with Gasteiger partial charge < -0.3 is 9.15 Å². The predicted molar refractivity (Wildman–Crippen MR) is 80.5 cm³/mol. The second-order valence-electron chi connectivity index (χ2n) is 4.94. The molecule has 5 heteroatoms. The van der Waals surface area contributed by atoms with E-state index >= 15 is 0 Å². The molecule has 0 spiro atoms. The molecule has 1 aromatic carbocycles. The Morgan fingerprint density at radius 2 is 2.10 bits per heavy atom. The van der Waals surface area contributed by atoms with Crippen LogP contribution in [0.1, 0.15) is 30.0 Å². The molecular formula is C16H18N2O3. The number of carbonyl (C=O) groups excluding carboxylic acids is 1. The first-order chi connectivity index (χ1) is 10.1. The van der Waals surface area contributed by atoms with Gasteiger partial charge in [-0.2, -0.15) is 5.10 Å². The van der Waals surface area contributed by atoms with E-state index in [0.29, 0.717) is 23.8 Å². The molecule has 0 aliphatic carbocycles. The molecule has 0 atom stereocenters. The number of carbonyl (C=O) groups is 1. The maximum atomic E-state index is 11.9. The van der Waals surface area contributed by atoms with E-state index < -0.39 is 0 Å². The zero-order valence-corrected chi connectivity index (χ0v) is 12.1. The van der Waals surface area contributed by atoms with E-state index in [1.807, 2.05) is 0 Å². The quantitative estimate of drug-likeness (QED) is 0.655. The number of amides is 1. The largest absolute Gasteiger partial charge is 0.493 e. The van der Waals surface area contributed by atoms with E-state index in [2.05, 4.69) is 24.4 Å². The third kappa shape index (κ3) is 4.80. The minimum atomic E-state index is -0.284. The van der Waals surface area contributed by atoms with Gasteiger partial charge in [0.25, 0.3) is 5.91 Å². The average Bonchev–Trinajstić information content (AvgIpc) is 2.99. The smallest absolute Gasteiger partial charge is 0.271 e. The van der Waals surface area contributed by atoms with Gasteiger partial charge in [0.15, 0.2) is 0 Å². The molecule has 2 rings (SSSR count). The van der Waals surface area contributed by atoms with E-state index in [1.165, 1.54) is 6.21 Å². The molecule has 0 fully saturated rings. The van der Waals surface area contributed by atoms with Crippen molar-refractivity contribution in [2.45, 2.75) is 13.8 Å². The maximum absolute atomic E-state index is 11.9. The molecule has 0 bridgehead atoms. The first kappa shape index (κ1) is 14.8. The van der Waals surface area contributed by atoms with Gasteiger partial charge in [-0.25, -0.2) is 5.43 Å². The molecule has 21 heavy (non-hydrogen) atoms. The maximum Gasteiger partial charge on any atom is 0.271 e. The number of nitrogens with one attached hydrogen (secondary N) is 1.